The van der Waals surface area contributed by atoms with Gasteiger partial charge in [-0.25, -0.2) is 19.7 Å². The van der Waals surface area contributed by atoms with Gasteiger partial charge in [-0.15, -0.1) is 11.3 Å². The van der Waals surface area contributed by atoms with Crippen molar-refractivity contribution in [1.82, 2.24) is 20.3 Å². The first kappa shape index (κ1) is 30.1. The van der Waals surface area contributed by atoms with Gasteiger partial charge in [0.15, 0.2) is 5.13 Å². The highest BCUT2D eigenvalue weighted by atomic mass is 32.1. The van der Waals surface area contributed by atoms with Crippen molar-refractivity contribution in [1.29, 1.82) is 0 Å². The molecule has 1 aromatic carbocycles. The molecule has 0 aliphatic heterocycles. The Morgan fingerprint density at radius 3 is 2.41 bits per heavy atom. The van der Waals surface area contributed by atoms with E-state index in [4.69, 9.17) is 9.47 Å². The van der Waals surface area contributed by atoms with Gasteiger partial charge in [-0.3, -0.25) is 0 Å². The second kappa shape index (κ2) is 11.8. The molecule has 0 aliphatic rings. The van der Waals surface area contributed by atoms with Crippen molar-refractivity contribution in [2.45, 2.75) is 72.2 Å². The average Bonchev–Trinajstić information content (AvgIpc) is 3.19. The maximum Gasteiger partial charge on any atom is 0.419 e. The van der Waals surface area contributed by atoms with Crippen molar-refractivity contribution in [3.8, 4) is 17.0 Å². The fraction of sp³-hybridized carbons (Fsp3) is 0.481. The largest absolute Gasteiger partial charge is 0.491 e. The molecule has 0 bridgehead atoms. The number of alkyl carbamates (subject to hydrolysis) is 1. The van der Waals surface area contributed by atoms with Gasteiger partial charge in [-0.05, 0) is 71.2 Å². The highest BCUT2D eigenvalue weighted by Gasteiger charge is 2.37. The Kier molecular flexibility index (Phi) is 9.09. The van der Waals surface area contributed by atoms with Gasteiger partial charge in [0.05, 0.1) is 22.5 Å². The minimum atomic E-state index is -4.69. The summed E-state index contributed by atoms with van der Waals surface area (Å²) < 4.78 is 53.4. The minimum Gasteiger partial charge on any atom is -0.491 e. The van der Waals surface area contributed by atoms with E-state index in [0.717, 1.165) is 11.8 Å². The molecule has 0 spiro atoms. The Bertz CT molecular complexity index is 1290. The Morgan fingerprint density at radius 1 is 1.10 bits per heavy atom. The number of alkyl halides is 3. The number of amides is 1. The van der Waals surface area contributed by atoms with E-state index in [0.29, 0.717) is 17.2 Å². The number of aromatic nitrogens is 3. The second-order valence-electron chi connectivity index (χ2n) is 11.0. The third-order valence-corrected chi connectivity index (χ3v) is 6.16. The van der Waals surface area contributed by atoms with E-state index in [9.17, 15) is 18.0 Å². The molecule has 12 heteroatoms. The molecule has 1 atom stereocenters. The molecule has 0 fully saturated rings. The van der Waals surface area contributed by atoms with Gasteiger partial charge < -0.3 is 20.1 Å². The standard InChI is InChI=1S/C27H34F3N5O3S/c1-16(2)13-26(7,35-24(36)38-25(4,5)6)15-37-21-9-8-18(12-19(21)27(28,29)30)20-10-11-31-22(33-20)34-23-32-17(3)14-39-23/h8-12,14,16H,13,15H2,1-7H3,(H,35,36)(H,31,32,33,34). The van der Waals surface area contributed by atoms with Crippen LogP contribution in [0, 0.1) is 12.8 Å². The van der Waals surface area contributed by atoms with Crippen molar-refractivity contribution in [3.63, 3.8) is 0 Å². The quantitative estimate of drug-likeness (QED) is 0.279. The molecule has 2 N–H and O–H groups in total. The third-order valence-electron chi connectivity index (χ3n) is 5.28. The third kappa shape index (κ3) is 9.09. The molecule has 2 heterocycles. The van der Waals surface area contributed by atoms with E-state index >= 15 is 0 Å². The molecule has 0 radical (unpaired) electrons. The first-order valence-corrected chi connectivity index (χ1v) is 13.3. The number of nitrogens with one attached hydrogen (secondary N) is 2. The normalized spacial score (nSPS) is 13.6. The summed E-state index contributed by atoms with van der Waals surface area (Å²) in [6.45, 7) is 12.5. The smallest absolute Gasteiger partial charge is 0.419 e. The van der Waals surface area contributed by atoms with Crippen LogP contribution in [-0.4, -0.2) is 38.8 Å². The molecule has 2 aromatic heterocycles. The number of halogens is 3. The van der Waals surface area contributed by atoms with Gasteiger partial charge in [-0.1, -0.05) is 13.8 Å². The van der Waals surface area contributed by atoms with Gasteiger partial charge in [-0.2, -0.15) is 13.2 Å². The van der Waals surface area contributed by atoms with Crippen LogP contribution in [0.2, 0.25) is 0 Å². The molecule has 3 aromatic rings. The number of hydrogen-bond donors (Lipinski definition) is 2. The summed E-state index contributed by atoms with van der Waals surface area (Å²) in [5.41, 5.74) is -1.28. The highest BCUT2D eigenvalue weighted by Crippen LogP contribution is 2.39. The molecule has 39 heavy (non-hydrogen) atoms. The van der Waals surface area contributed by atoms with Crippen molar-refractivity contribution in [3.05, 3.63) is 47.1 Å². The Labute approximate surface area is 230 Å². The van der Waals surface area contributed by atoms with E-state index in [2.05, 4.69) is 25.6 Å². The summed E-state index contributed by atoms with van der Waals surface area (Å²) in [6, 6.07) is 5.29. The predicted octanol–water partition coefficient (Wildman–Crippen LogP) is 7.38. The molecule has 0 saturated carbocycles. The zero-order valence-electron chi connectivity index (χ0n) is 23.1. The molecular formula is C27H34F3N5O3S. The number of hydrogen-bond acceptors (Lipinski definition) is 8. The summed E-state index contributed by atoms with van der Waals surface area (Å²) in [4.78, 5) is 25.2. The number of ether oxygens (including phenoxy) is 2. The van der Waals surface area contributed by atoms with Crippen LogP contribution in [-0.2, 0) is 10.9 Å². The molecule has 1 amide bonds. The lowest BCUT2D eigenvalue weighted by Gasteiger charge is -2.33. The van der Waals surface area contributed by atoms with Gasteiger partial charge in [0.1, 0.15) is 18.0 Å². The van der Waals surface area contributed by atoms with Crippen molar-refractivity contribution in [2.24, 2.45) is 5.92 Å². The van der Waals surface area contributed by atoms with E-state index in [1.807, 2.05) is 26.2 Å². The van der Waals surface area contributed by atoms with Gasteiger partial charge in [0.25, 0.3) is 0 Å². The first-order chi connectivity index (χ1) is 18.0. The number of aryl methyl sites for hydroxylation is 1. The predicted molar refractivity (Wildman–Crippen MR) is 145 cm³/mol. The second-order valence-corrected chi connectivity index (χ2v) is 11.8. The Hall–Kier alpha value is -3.41. The Balaban J connectivity index is 1.85. The number of thiazole rings is 1. The highest BCUT2D eigenvalue weighted by molar-refractivity contribution is 7.13. The van der Waals surface area contributed by atoms with E-state index in [-0.39, 0.29) is 29.8 Å². The van der Waals surface area contributed by atoms with Crippen molar-refractivity contribution in [2.75, 3.05) is 11.9 Å². The summed E-state index contributed by atoms with van der Waals surface area (Å²) in [7, 11) is 0. The SMILES string of the molecule is Cc1csc(Nc2nccc(-c3ccc(OCC(C)(CC(C)C)NC(=O)OC(C)(C)C)c(C(F)(F)F)c3)n2)n1. The van der Waals surface area contributed by atoms with E-state index in [1.54, 1.807) is 27.7 Å². The van der Waals surface area contributed by atoms with Crippen LogP contribution in [0.3, 0.4) is 0 Å². The maximum absolute atomic E-state index is 14.1. The lowest BCUT2D eigenvalue weighted by atomic mass is 9.91. The van der Waals surface area contributed by atoms with Gasteiger partial charge >= 0.3 is 12.3 Å². The lowest BCUT2D eigenvalue weighted by molar-refractivity contribution is -0.139. The lowest BCUT2D eigenvalue weighted by Crippen LogP contribution is -2.52. The van der Waals surface area contributed by atoms with Crippen molar-refractivity contribution >= 4 is 28.5 Å². The van der Waals surface area contributed by atoms with Crippen LogP contribution >= 0.6 is 11.3 Å². The molecule has 212 valence electrons. The van der Waals surface area contributed by atoms with Gasteiger partial charge in [0.2, 0.25) is 5.95 Å². The number of carbonyl (C=O) groups excluding carboxylic acids is 1. The van der Waals surface area contributed by atoms with Crippen LogP contribution in [0.4, 0.5) is 29.0 Å². The monoisotopic (exact) mass is 565 g/mol. The van der Waals surface area contributed by atoms with E-state index in [1.165, 1.54) is 35.7 Å². The van der Waals surface area contributed by atoms with Crippen LogP contribution < -0.4 is 15.4 Å². The number of carbonyl (C=O) groups is 1. The summed E-state index contributed by atoms with van der Waals surface area (Å²) in [5, 5.41) is 8.18. The zero-order chi connectivity index (χ0) is 29.0. The van der Waals surface area contributed by atoms with E-state index < -0.39 is 29.0 Å². The fourth-order valence-electron chi connectivity index (χ4n) is 3.96. The van der Waals surface area contributed by atoms with Gasteiger partial charge in [0, 0.05) is 17.1 Å². The summed E-state index contributed by atoms with van der Waals surface area (Å²) >= 11 is 1.37. The first-order valence-electron chi connectivity index (χ1n) is 12.4. The zero-order valence-corrected chi connectivity index (χ0v) is 23.9. The number of benzene rings is 1. The number of anilines is 2. The summed E-state index contributed by atoms with van der Waals surface area (Å²) in [6.07, 6.45) is -3.43. The van der Waals surface area contributed by atoms with Crippen LogP contribution in [0.25, 0.3) is 11.3 Å². The minimum absolute atomic E-state index is 0.131. The molecule has 3 rings (SSSR count). The van der Waals surface area contributed by atoms with Crippen molar-refractivity contribution < 1.29 is 27.4 Å². The topological polar surface area (TPSA) is 98.3 Å². The average molecular weight is 566 g/mol. The molecule has 8 nitrogen and oxygen atoms in total. The Morgan fingerprint density at radius 2 is 1.82 bits per heavy atom. The molecule has 0 saturated heterocycles. The number of rotatable bonds is 9. The maximum atomic E-state index is 14.1. The van der Waals surface area contributed by atoms with Crippen LogP contribution in [0.1, 0.15) is 59.2 Å². The molecule has 0 aliphatic carbocycles. The van der Waals surface area contributed by atoms with Crippen LogP contribution in [0.5, 0.6) is 5.75 Å². The number of nitrogens with zero attached hydrogens (tertiary/aromatic N) is 3. The van der Waals surface area contributed by atoms with Crippen LogP contribution in [0.15, 0.2) is 35.8 Å². The summed E-state index contributed by atoms with van der Waals surface area (Å²) in [5.74, 6) is -0.00171. The fourth-order valence-corrected chi connectivity index (χ4v) is 4.64. The molecular weight excluding hydrogens is 531 g/mol. The molecule has 1 unspecified atom stereocenters.